The van der Waals surface area contributed by atoms with E-state index in [9.17, 15) is 32.4 Å². The minimum atomic E-state index is -4.09. The van der Waals surface area contributed by atoms with Crippen LogP contribution in [0, 0.1) is 11.8 Å². The minimum Gasteiger partial charge on any atom is -0.482 e. The molecule has 1 aromatic carbocycles. The Morgan fingerprint density at radius 2 is 1.73 bits per heavy atom. The number of amides is 5. The van der Waals surface area contributed by atoms with Crippen LogP contribution in [0.1, 0.15) is 72.6 Å². The zero-order chi connectivity index (χ0) is 35.9. The number of sulfonamides is 1. The number of alkyl carbamates (subject to hydrolysis) is 1. The van der Waals surface area contributed by atoms with Gasteiger partial charge in [0.1, 0.15) is 28.8 Å². The molecule has 0 bridgehead atoms. The van der Waals surface area contributed by atoms with E-state index < -0.39 is 33.7 Å². The van der Waals surface area contributed by atoms with Crippen molar-refractivity contribution in [3.05, 3.63) is 36.4 Å². The van der Waals surface area contributed by atoms with Crippen molar-refractivity contribution in [2.24, 2.45) is 11.8 Å². The standard InChI is InChI=1S/C20H28N2O5S.C13H23N3O4/c1-3-4-5-6-7-10-15-13-16(15)20(24)22-28(25,26)18-12-9-8-11-17(18)27-14-19(23)21-2;1-13(2,3)20-12(19)15-8-10(17)16-7-5-6-9(16)11(18)14-4/h7-12,15-16H,3-6,13-14H2,1-2H3,(H,21,23)(H,22,24);9H,5-8H2,1-4H3,(H,14,18)(H,15,19)/b10-7-;/t;9-/m.0/s1. The van der Waals surface area contributed by atoms with Gasteiger partial charge >= 0.3 is 6.09 Å². The first-order chi connectivity index (χ1) is 22.6. The summed E-state index contributed by atoms with van der Waals surface area (Å²) in [7, 11) is -1.08. The van der Waals surface area contributed by atoms with Gasteiger partial charge in [-0.25, -0.2) is 17.9 Å². The number of nitrogens with one attached hydrogen (secondary N) is 4. The Morgan fingerprint density at radius 3 is 2.38 bits per heavy atom. The van der Waals surface area contributed by atoms with Gasteiger partial charge in [-0.05, 0) is 70.9 Å². The molecule has 3 rings (SSSR count). The largest absolute Gasteiger partial charge is 0.482 e. The topological polar surface area (TPSA) is 189 Å². The zero-order valence-electron chi connectivity index (χ0n) is 28.8. The van der Waals surface area contributed by atoms with Gasteiger partial charge in [0, 0.05) is 26.6 Å². The molecule has 48 heavy (non-hydrogen) atoms. The van der Waals surface area contributed by atoms with E-state index in [4.69, 9.17) is 9.47 Å². The smallest absolute Gasteiger partial charge is 0.408 e. The molecule has 0 aromatic heterocycles. The first kappa shape index (κ1) is 40.0. The number of hydrogen-bond acceptors (Lipinski definition) is 9. The molecule has 2 fully saturated rings. The van der Waals surface area contributed by atoms with Crippen molar-refractivity contribution in [1.29, 1.82) is 0 Å². The first-order valence-corrected chi connectivity index (χ1v) is 17.7. The summed E-state index contributed by atoms with van der Waals surface area (Å²) in [5, 5.41) is 7.34. The second-order valence-electron chi connectivity index (χ2n) is 12.5. The Morgan fingerprint density at radius 1 is 1.02 bits per heavy atom. The third kappa shape index (κ3) is 13.5. The number of likely N-dealkylation sites (tertiary alicyclic amines) is 1. The van der Waals surface area contributed by atoms with Crippen LogP contribution in [0.4, 0.5) is 4.79 Å². The van der Waals surface area contributed by atoms with Crippen molar-refractivity contribution in [2.75, 3.05) is 33.8 Å². The Labute approximate surface area is 283 Å². The number of unbranched alkanes of at least 4 members (excludes halogenated alkanes) is 3. The van der Waals surface area contributed by atoms with Crippen LogP contribution in [-0.4, -0.2) is 88.5 Å². The fourth-order valence-electron chi connectivity index (χ4n) is 4.85. The molecule has 1 saturated heterocycles. The molecule has 4 N–H and O–H groups in total. The summed E-state index contributed by atoms with van der Waals surface area (Å²) in [5.74, 6) is -1.55. The molecule has 1 aliphatic carbocycles. The van der Waals surface area contributed by atoms with Crippen molar-refractivity contribution >= 4 is 39.7 Å². The van der Waals surface area contributed by atoms with Crippen molar-refractivity contribution in [3.63, 3.8) is 0 Å². The molecule has 1 aromatic rings. The fourth-order valence-corrected chi connectivity index (χ4v) is 6.03. The molecule has 2 aliphatic rings. The van der Waals surface area contributed by atoms with Crippen molar-refractivity contribution in [3.8, 4) is 5.75 Å². The third-order valence-electron chi connectivity index (χ3n) is 7.45. The van der Waals surface area contributed by atoms with Gasteiger partial charge in [-0.1, -0.05) is 44.1 Å². The van der Waals surface area contributed by atoms with E-state index in [0.29, 0.717) is 19.4 Å². The van der Waals surface area contributed by atoms with Crippen molar-refractivity contribution < 1.29 is 41.9 Å². The Balaban J connectivity index is 0.000000353. The van der Waals surface area contributed by atoms with E-state index in [-0.39, 0.29) is 53.4 Å². The van der Waals surface area contributed by atoms with E-state index in [1.54, 1.807) is 33.9 Å². The summed E-state index contributed by atoms with van der Waals surface area (Å²) in [5.41, 5.74) is -0.606. The summed E-state index contributed by atoms with van der Waals surface area (Å²) in [4.78, 5) is 60.1. The normalized spacial score (nSPS) is 18.6. The maximum atomic E-state index is 12.6. The van der Waals surface area contributed by atoms with Crippen molar-refractivity contribution in [2.45, 2.75) is 89.2 Å². The lowest BCUT2D eigenvalue weighted by Gasteiger charge is -2.24. The number of ether oxygens (including phenoxy) is 2. The quantitative estimate of drug-likeness (QED) is 0.168. The van der Waals surface area contributed by atoms with Gasteiger partial charge in [0.25, 0.3) is 15.9 Å². The number of likely N-dealkylation sites (N-methyl/N-ethyl adjacent to an activating group) is 2. The average molecular weight is 694 g/mol. The Hall–Kier alpha value is -4.14. The highest BCUT2D eigenvalue weighted by molar-refractivity contribution is 7.90. The van der Waals surface area contributed by atoms with Crippen LogP contribution in [0.15, 0.2) is 41.3 Å². The number of carbonyl (C=O) groups is 5. The van der Waals surface area contributed by atoms with Crippen LogP contribution in [0.5, 0.6) is 5.75 Å². The second kappa shape index (κ2) is 19.0. The molecule has 2 unspecified atom stereocenters. The molecule has 268 valence electrons. The molecular formula is C33H51N5O9S. The minimum absolute atomic E-state index is 0.0227. The highest BCUT2D eigenvalue weighted by atomic mass is 32.2. The van der Waals surface area contributed by atoms with Crippen LogP contribution in [0.3, 0.4) is 0 Å². The van der Waals surface area contributed by atoms with Crippen LogP contribution in [-0.2, 0) is 33.9 Å². The van der Waals surface area contributed by atoms with Gasteiger partial charge in [-0.2, -0.15) is 0 Å². The predicted octanol–water partition coefficient (Wildman–Crippen LogP) is 2.64. The first-order valence-electron chi connectivity index (χ1n) is 16.3. The Bertz CT molecular complexity index is 1410. The van der Waals surface area contributed by atoms with E-state index >= 15 is 0 Å². The summed E-state index contributed by atoms with van der Waals surface area (Å²) >= 11 is 0. The number of carbonyl (C=O) groups excluding carboxylic acids is 5. The SMILES string of the molecule is CCCCC/C=C\C1CC1C(=O)NS(=O)(=O)c1ccccc1OCC(=O)NC.CNC(=O)[C@@H]1CCCN1C(=O)CNC(=O)OC(C)(C)C. The van der Waals surface area contributed by atoms with Crippen molar-refractivity contribution in [1.82, 2.24) is 25.6 Å². The molecule has 3 atom stereocenters. The number of allylic oxidation sites excluding steroid dienone is 2. The number of benzene rings is 1. The number of nitrogens with zero attached hydrogens (tertiary/aromatic N) is 1. The van der Waals surface area contributed by atoms with Gasteiger partial charge in [0.05, 0.1) is 0 Å². The molecule has 1 saturated carbocycles. The third-order valence-corrected chi connectivity index (χ3v) is 8.84. The molecule has 1 heterocycles. The molecular weight excluding hydrogens is 642 g/mol. The number of para-hydroxylation sites is 1. The summed E-state index contributed by atoms with van der Waals surface area (Å²) in [6.07, 6.45) is 9.98. The average Bonchev–Trinajstić information content (AvgIpc) is 3.65. The molecule has 0 radical (unpaired) electrons. The second-order valence-corrected chi connectivity index (χ2v) is 14.2. The fraction of sp³-hybridized carbons (Fsp3) is 0.606. The predicted molar refractivity (Wildman–Crippen MR) is 179 cm³/mol. The number of hydrogen-bond donors (Lipinski definition) is 4. The lowest BCUT2D eigenvalue weighted by molar-refractivity contribution is -0.137. The summed E-state index contributed by atoms with van der Waals surface area (Å²) in [6.45, 7) is 7.44. The maximum Gasteiger partial charge on any atom is 0.408 e. The lowest BCUT2D eigenvalue weighted by Crippen LogP contribution is -2.48. The van der Waals surface area contributed by atoms with E-state index in [1.807, 2.05) is 6.08 Å². The number of rotatable bonds is 14. The molecule has 5 amide bonds. The van der Waals surface area contributed by atoms with Gasteiger partial charge in [0.15, 0.2) is 6.61 Å². The van der Waals surface area contributed by atoms with Crippen LogP contribution >= 0.6 is 0 Å². The maximum absolute atomic E-state index is 12.6. The Kier molecular flexibility index (Phi) is 15.9. The van der Waals surface area contributed by atoms with E-state index in [0.717, 1.165) is 25.7 Å². The highest BCUT2D eigenvalue weighted by Crippen LogP contribution is 2.40. The molecule has 14 nitrogen and oxygen atoms in total. The van der Waals surface area contributed by atoms with Gasteiger partial charge in [0.2, 0.25) is 17.7 Å². The van der Waals surface area contributed by atoms with E-state index in [2.05, 4.69) is 33.7 Å². The van der Waals surface area contributed by atoms with Crippen LogP contribution in [0.2, 0.25) is 0 Å². The summed E-state index contributed by atoms with van der Waals surface area (Å²) < 4.78 is 37.7. The van der Waals surface area contributed by atoms with Gasteiger partial charge in [-0.15, -0.1) is 0 Å². The van der Waals surface area contributed by atoms with Crippen LogP contribution < -0.4 is 25.4 Å². The van der Waals surface area contributed by atoms with Gasteiger partial charge < -0.3 is 30.3 Å². The molecule has 1 aliphatic heterocycles. The summed E-state index contributed by atoms with van der Waals surface area (Å²) in [6, 6.07) is 5.48. The highest BCUT2D eigenvalue weighted by Gasteiger charge is 2.42. The van der Waals surface area contributed by atoms with Gasteiger partial charge in [-0.3, -0.25) is 19.2 Å². The zero-order valence-corrected chi connectivity index (χ0v) is 29.6. The van der Waals surface area contributed by atoms with E-state index in [1.165, 1.54) is 36.6 Å². The molecule has 15 heteroatoms. The molecule has 0 spiro atoms. The lowest BCUT2D eigenvalue weighted by atomic mass is 10.2. The van der Waals surface area contributed by atoms with Crippen LogP contribution in [0.25, 0.3) is 0 Å². The monoisotopic (exact) mass is 693 g/mol.